The number of nitrogens with zero attached hydrogens (tertiary/aromatic N) is 5. The van der Waals surface area contributed by atoms with Crippen molar-refractivity contribution in [3.63, 3.8) is 0 Å². The molecule has 1 aromatic carbocycles. The second-order valence-corrected chi connectivity index (χ2v) is 9.28. The van der Waals surface area contributed by atoms with Crippen LogP contribution in [0.2, 0.25) is 0 Å². The molecule has 0 amide bonds. The molecule has 0 saturated heterocycles. The van der Waals surface area contributed by atoms with E-state index in [1.165, 1.54) is 11.8 Å². The molecule has 4 rings (SSSR count). The van der Waals surface area contributed by atoms with E-state index in [0.29, 0.717) is 11.8 Å². The summed E-state index contributed by atoms with van der Waals surface area (Å²) in [6.45, 7) is 8.77. The number of ketones is 1. The van der Waals surface area contributed by atoms with Gasteiger partial charge in [0.15, 0.2) is 16.8 Å². The number of ether oxygens (including phenoxy) is 1. The standard InChI is InChI=1S/C26H29N5O2S/c1-17-8-6-7-9-23(17)31-25(21-10-12-27-13-11-21)28-29-26(31)34-16-24(32)22-14-18(2)30(20(22)4)19(3)15-33-5/h6-14,19H,15-16H2,1-5H3/t19-/m0/s1. The molecule has 7 nitrogen and oxygen atoms in total. The zero-order chi connectivity index (χ0) is 24.2. The van der Waals surface area contributed by atoms with Crippen LogP contribution in [0.1, 0.15) is 40.3 Å². The van der Waals surface area contributed by atoms with Gasteiger partial charge in [0, 0.05) is 42.0 Å². The van der Waals surface area contributed by atoms with Crippen LogP contribution < -0.4 is 0 Å². The summed E-state index contributed by atoms with van der Waals surface area (Å²) < 4.78 is 9.50. The van der Waals surface area contributed by atoms with E-state index in [0.717, 1.165) is 39.6 Å². The van der Waals surface area contributed by atoms with E-state index in [9.17, 15) is 4.79 Å². The molecule has 8 heteroatoms. The predicted octanol–water partition coefficient (Wildman–Crippen LogP) is 5.24. The summed E-state index contributed by atoms with van der Waals surface area (Å²) in [6, 6.07) is 14.1. The van der Waals surface area contributed by atoms with Gasteiger partial charge in [-0.15, -0.1) is 10.2 Å². The van der Waals surface area contributed by atoms with Gasteiger partial charge in [-0.3, -0.25) is 14.3 Å². The Balaban J connectivity index is 1.65. The lowest BCUT2D eigenvalue weighted by Crippen LogP contribution is -2.15. The number of carbonyl (C=O) groups excluding carboxylic acids is 1. The first-order valence-corrected chi connectivity index (χ1v) is 12.2. The van der Waals surface area contributed by atoms with E-state index in [4.69, 9.17) is 4.74 Å². The Labute approximate surface area is 204 Å². The summed E-state index contributed by atoms with van der Waals surface area (Å²) in [5, 5.41) is 9.60. The molecule has 1 atom stereocenters. The summed E-state index contributed by atoms with van der Waals surface area (Å²) in [5.74, 6) is 1.06. The fourth-order valence-electron chi connectivity index (χ4n) is 4.34. The average Bonchev–Trinajstić information content (AvgIpc) is 3.38. The van der Waals surface area contributed by atoms with Gasteiger partial charge in [0.05, 0.1) is 24.1 Å². The molecule has 0 spiro atoms. The van der Waals surface area contributed by atoms with Gasteiger partial charge in [-0.05, 0) is 57.5 Å². The van der Waals surface area contributed by atoms with Crippen LogP contribution in [0.25, 0.3) is 17.1 Å². The molecule has 3 heterocycles. The summed E-state index contributed by atoms with van der Waals surface area (Å²) in [7, 11) is 1.69. The topological polar surface area (TPSA) is 74.8 Å². The number of rotatable bonds is 9. The Kier molecular flexibility index (Phi) is 7.29. The van der Waals surface area contributed by atoms with E-state index in [-0.39, 0.29) is 17.6 Å². The Hall–Kier alpha value is -3.23. The Morgan fingerprint density at radius 3 is 2.53 bits per heavy atom. The van der Waals surface area contributed by atoms with Crippen LogP contribution >= 0.6 is 11.8 Å². The number of methoxy groups -OCH3 is 1. The van der Waals surface area contributed by atoms with Crippen molar-refractivity contribution in [2.75, 3.05) is 19.5 Å². The van der Waals surface area contributed by atoms with Gasteiger partial charge in [-0.2, -0.15) is 0 Å². The maximum absolute atomic E-state index is 13.2. The summed E-state index contributed by atoms with van der Waals surface area (Å²) in [4.78, 5) is 17.4. The van der Waals surface area contributed by atoms with Crippen molar-refractivity contribution in [3.05, 3.63) is 77.4 Å². The third-order valence-corrected chi connectivity index (χ3v) is 6.82. The van der Waals surface area contributed by atoms with Gasteiger partial charge in [0.1, 0.15) is 0 Å². The van der Waals surface area contributed by atoms with E-state index in [1.54, 1.807) is 19.5 Å². The molecule has 0 aliphatic carbocycles. The van der Waals surface area contributed by atoms with Crippen molar-refractivity contribution < 1.29 is 9.53 Å². The second-order valence-electron chi connectivity index (χ2n) is 8.33. The van der Waals surface area contributed by atoms with Gasteiger partial charge in [0.2, 0.25) is 0 Å². The SMILES string of the molecule is COC[C@H](C)n1c(C)cc(C(=O)CSc2nnc(-c3ccncc3)n2-c2ccccc2C)c1C. The van der Waals surface area contributed by atoms with E-state index in [1.807, 2.05) is 54.8 Å². The monoisotopic (exact) mass is 475 g/mol. The number of carbonyl (C=O) groups is 1. The quantitative estimate of drug-likeness (QED) is 0.243. The molecule has 0 saturated carbocycles. The number of para-hydroxylation sites is 1. The zero-order valence-electron chi connectivity index (χ0n) is 20.1. The molecule has 0 radical (unpaired) electrons. The smallest absolute Gasteiger partial charge is 0.196 e. The van der Waals surface area contributed by atoms with Gasteiger partial charge >= 0.3 is 0 Å². The molecule has 176 valence electrons. The molecule has 4 aromatic rings. The van der Waals surface area contributed by atoms with Crippen LogP contribution in [0.3, 0.4) is 0 Å². The number of benzene rings is 1. The summed E-state index contributed by atoms with van der Waals surface area (Å²) in [6.07, 6.45) is 3.48. The summed E-state index contributed by atoms with van der Waals surface area (Å²) in [5.41, 5.74) is 5.76. The molecule has 0 aliphatic heterocycles. The zero-order valence-corrected chi connectivity index (χ0v) is 21.0. The largest absolute Gasteiger partial charge is 0.383 e. The summed E-state index contributed by atoms with van der Waals surface area (Å²) >= 11 is 1.40. The number of aryl methyl sites for hydroxylation is 2. The highest BCUT2D eigenvalue weighted by molar-refractivity contribution is 7.99. The third kappa shape index (κ3) is 4.69. The lowest BCUT2D eigenvalue weighted by Gasteiger charge is -2.17. The Morgan fingerprint density at radius 1 is 1.09 bits per heavy atom. The highest BCUT2D eigenvalue weighted by Crippen LogP contribution is 2.30. The van der Waals surface area contributed by atoms with Gasteiger partial charge in [-0.1, -0.05) is 30.0 Å². The van der Waals surface area contributed by atoms with E-state index in [2.05, 4.69) is 39.7 Å². The minimum atomic E-state index is 0.0683. The number of thioether (sulfide) groups is 1. The van der Waals surface area contributed by atoms with Crippen LogP contribution in [0.15, 0.2) is 60.0 Å². The fourth-order valence-corrected chi connectivity index (χ4v) is 5.17. The molecule has 3 aromatic heterocycles. The molecule has 34 heavy (non-hydrogen) atoms. The molecule has 0 fully saturated rings. The molecular formula is C26H29N5O2S. The number of aromatic nitrogens is 5. The highest BCUT2D eigenvalue weighted by Gasteiger charge is 2.22. The maximum Gasteiger partial charge on any atom is 0.196 e. The number of pyridine rings is 1. The number of hydrogen-bond donors (Lipinski definition) is 0. The van der Waals surface area contributed by atoms with E-state index >= 15 is 0 Å². The van der Waals surface area contributed by atoms with Crippen LogP contribution in [-0.4, -0.2) is 49.6 Å². The normalized spacial score (nSPS) is 12.1. The average molecular weight is 476 g/mol. The lowest BCUT2D eigenvalue weighted by atomic mass is 10.2. The van der Waals surface area contributed by atoms with Crippen molar-refractivity contribution in [2.24, 2.45) is 0 Å². The first-order valence-electron chi connectivity index (χ1n) is 11.2. The minimum Gasteiger partial charge on any atom is -0.383 e. The number of Topliss-reactive ketones (excluding diaryl/α,β-unsaturated/α-hetero) is 1. The molecule has 0 unspecified atom stereocenters. The van der Waals surface area contributed by atoms with Crippen LogP contribution in [0.4, 0.5) is 0 Å². The van der Waals surface area contributed by atoms with Gasteiger partial charge < -0.3 is 9.30 Å². The highest BCUT2D eigenvalue weighted by atomic mass is 32.2. The lowest BCUT2D eigenvalue weighted by molar-refractivity contribution is 0.102. The molecule has 0 N–H and O–H groups in total. The van der Waals surface area contributed by atoms with Crippen molar-refractivity contribution in [1.82, 2.24) is 24.3 Å². The van der Waals surface area contributed by atoms with Gasteiger partial charge in [-0.25, -0.2) is 0 Å². The first-order chi connectivity index (χ1) is 16.4. The van der Waals surface area contributed by atoms with Gasteiger partial charge in [0.25, 0.3) is 0 Å². The Bertz CT molecular complexity index is 1300. The van der Waals surface area contributed by atoms with Crippen molar-refractivity contribution in [1.29, 1.82) is 0 Å². The van der Waals surface area contributed by atoms with Crippen molar-refractivity contribution >= 4 is 17.5 Å². The maximum atomic E-state index is 13.2. The minimum absolute atomic E-state index is 0.0683. The van der Waals surface area contributed by atoms with Crippen molar-refractivity contribution in [3.8, 4) is 17.1 Å². The molecular weight excluding hydrogens is 446 g/mol. The predicted molar refractivity (Wildman–Crippen MR) is 135 cm³/mol. The first kappa shape index (κ1) is 23.9. The number of hydrogen-bond acceptors (Lipinski definition) is 6. The molecule has 0 bridgehead atoms. The Morgan fingerprint density at radius 2 is 1.82 bits per heavy atom. The van der Waals surface area contributed by atoms with Crippen LogP contribution in [0.5, 0.6) is 0 Å². The van der Waals surface area contributed by atoms with Crippen LogP contribution in [-0.2, 0) is 4.74 Å². The second kappa shape index (κ2) is 10.4. The van der Waals surface area contributed by atoms with Crippen molar-refractivity contribution in [2.45, 2.75) is 38.9 Å². The molecule has 0 aliphatic rings. The van der Waals surface area contributed by atoms with E-state index < -0.39 is 0 Å². The third-order valence-electron chi connectivity index (χ3n) is 5.89. The fraction of sp³-hybridized carbons (Fsp3) is 0.308. The van der Waals surface area contributed by atoms with Crippen LogP contribution in [0, 0.1) is 20.8 Å².